The molecule has 0 aromatic heterocycles. The highest BCUT2D eigenvalue weighted by Crippen LogP contribution is 2.18. The van der Waals surface area contributed by atoms with E-state index in [1.807, 2.05) is 0 Å². The van der Waals surface area contributed by atoms with Gasteiger partial charge in [0.2, 0.25) is 0 Å². The summed E-state index contributed by atoms with van der Waals surface area (Å²) in [4.78, 5) is 12.5. The molecule has 170 valence electrons. The van der Waals surface area contributed by atoms with Crippen molar-refractivity contribution < 1.29 is 4.74 Å². The molecular weight excluding hydrogens is 489 g/mol. The maximum Gasteiger partial charge on any atom is 0.194 e. The number of guanidine groups is 1. The third-order valence-corrected chi connectivity index (χ3v) is 6.17. The summed E-state index contributed by atoms with van der Waals surface area (Å²) < 4.78 is 5.52. The van der Waals surface area contributed by atoms with Gasteiger partial charge in [0.15, 0.2) is 5.96 Å². The van der Waals surface area contributed by atoms with Crippen LogP contribution in [0.1, 0.15) is 38.3 Å². The molecule has 0 spiro atoms. The van der Waals surface area contributed by atoms with Crippen LogP contribution in [0.2, 0.25) is 0 Å². The number of benzene rings is 1. The molecular formula is C23H40IN5O. The molecule has 0 aliphatic carbocycles. The largest absolute Gasteiger partial charge is 0.379 e. The van der Waals surface area contributed by atoms with Gasteiger partial charge in [-0.2, -0.15) is 0 Å². The highest BCUT2D eigenvalue weighted by atomic mass is 127. The molecule has 6 nitrogen and oxygen atoms in total. The maximum atomic E-state index is 5.52. The summed E-state index contributed by atoms with van der Waals surface area (Å²) in [6.45, 7) is 17.4. The fourth-order valence-corrected chi connectivity index (χ4v) is 4.31. The topological polar surface area (TPSA) is 43.3 Å². The number of nitrogens with zero attached hydrogens (tertiary/aromatic N) is 4. The Kier molecular flexibility index (Phi) is 11.4. The van der Waals surface area contributed by atoms with Crippen LogP contribution >= 0.6 is 24.0 Å². The van der Waals surface area contributed by atoms with Gasteiger partial charge in [0.1, 0.15) is 0 Å². The number of rotatable bonds is 8. The van der Waals surface area contributed by atoms with E-state index < -0.39 is 0 Å². The van der Waals surface area contributed by atoms with Gasteiger partial charge >= 0.3 is 0 Å². The average Bonchev–Trinajstić information content (AvgIpc) is 3.26. The van der Waals surface area contributed by atoms with Gasteiger partial charge in [0.05, 0.1) is 19.8 Å². The lowest BCUT2D eigenvalue weighted by Crippen LogP contribution is -2.46. The SMILES string of the molecule is CCNC(=NCc1ccccc1CN(CC)CC)N1CCC(N2CCOCC2)C1.I. The van der Waals surface area contributed by atoms with E-state index in [4.69, 9.17) is 9.73 Å². The number of ether oxygens (including phenoxy) is 1. The zero-order chi connectivity index (χ0) is 20.5. The molecule has 1 unspecified atom stereocenters. The van der Waals surface area contributed by atoms with E-state index in [1.54, 1.807) is 0 Å². The number of hydrogen-bond acceptors (Lipinski definition) is 4. The van der Waals surface area contributed by atoms with Gasteiger partial charge in [-0.25, -0.2) is 4.99 Å². The van der Waals surface area contributed by atoms with E-state index in [0.717, 1.165) is 78.1 Å². The summed E-state index contributed by atoms with van der Waals surface area (Å²) in [5.41, 5.74) is 2.72. The Labute approximate surface area is 200 Å². The summed E-state index contributed by atoms with van der Waals surface area (Å²) in [7, 11) is 0. The molecule has 1 N–H and O–H groups in total. The number of nitrogens with one attached hydrogen (secondary N) is 1. The first kappa shape index (κ1) is 25.4. The third-order valence-electron chi connectivity index (χ3n) is 6.17. The number of halogens is 1. The van der Waals surface area contributed by atoms with Crippen LogP contribution in [0.5, 0.6) is 0 Å². The van der Waals surface area contributed by atoms with Crippen LogP contribution < -0.4 is 5.32 Å². The number of morpholine rings is 1. The standard InChI is InChI=1S/C23H39N5O.HI/c1-4-24-23(28-12-11-22(19-28)27-13-15-29-16-14-27)25-17-20-9-7-8-10-21(20)18-26(5-2)6-3;/h7-10,22H,4-6,11-19H2,1-3H3,(H,24,25);1H. The molecule has 0 radical (unpaired) electrons. The smallest absolute Gasteiger partial charge is 0.194 e. The van der Waals surface area contributed by atoms with Crippen molar-refractivity contribution >= 4 is 29.9 Å². The molecule has 0 saturated carbocycles. The van der Waals surface area contributed by atoms with Crippen molar-refractivity contribution in [2.45, 2.75) is 46.3 Å². The first-order valence-corrected chi connectivity index (χ1v) is 11.4. The van der Waals surface area contributed by atoms with Crippen LogP contribution in [0.15, 0.2) is 29.3 Å². The summed E-state index contributed by atoms with van der Waals surface area (Å²) in [6.07, 6.45) is 1.21. The second-order valence-corrected chi connectivity index (χ2v) is 7.94. The molecule has 2 aliphatic rings. The molecule has 30 heavy (non-hydrogen) atoms. The molecule has 2 aliphatic heterocycles. The minimum atomic E-state index is 0. The Morgan fingerprint density at radius 2 is 1.80 bits per heavy atom. The Hall–Kier alpha value is -0.900. The van der Waals surface area contributed by atoms with Crippen LogP contribution in [0.3, 0.4) is 0 Å². The van der Waals surface area contributed by atoms with Crippen molar-refractivity contribution in [3.63, 3.8) is 0 Å². The minimum absolute atomic E-state index is 0. The lowest BCUT2D eigenvalue weighted by atomic mass is 10.1. The molecule has 3 rings (SSSR count). The van der Waals surface area contributed by atoms with Crippen LogP contribution in [0, 0.1) is 0 Å². The zero-order valence-electron chi connectivity index (χ0n) is 19.0. The lowest BCUT2D eigenvalue weighted by Gasteiger charge is -2.32. The zero-order valence-corrected chi connectivity index (χ0v) is 21.3. The number of hydrogen-bond donors (Lipinski definition) is 1. The normalized spacial score (nSPS) is 20.5. The summed E-state index contributed by atoms with van der Waals surface area (Å²) >= 11 is 0. The first-order valence-electron chi connectivity index (χ1n) is 11.4. The van der Waals surface area contributed by atoms with Crippen LogP contribution in [-0.4, -0.2) is 85.7 Å². The van der Waals surface area contributed by atoms with Crippen LogP contribution in [-0.2, 0) is 17.8 Å². The fraction of sp³-hybridized carbons (Fsp3) is 0.696. The second-order valence-electron chi connectivity index (χ2n) is 7.94. The van der Waals surface area contributed by atoms with E-state index in [-0.39, 0.29) is 24.0 Å². The average molecular weight is 530 g/mol. The van der Waals surface area contributed by atoms with Gasteiger partial charge in [0.25, 0.3) is 0 Å². The molecule has 1 atom stereocenters. The van der Waals surface area contributed by atoms with E-state index in [1.165, 1.54) is 17.5 Å². The molecule has 1 aromatic carbocycles. The summed E-state index contributed by atoms with van der Waals surface area (Å²) in [5.74, 6) is 1.06. The first-order chi connectivity index (χ1) is 14.2. The molecule has 7 heteroatoms. The molecule has 1 aromatic rings. The van der Waals surface area contributed by atoms with E-state index in [9.17, 15) is 0 Å². The van der Waals surface area contributed by atoms with Crippen LogP contribution in [0.25, 0.3) is 0 Å². The number of aliphatic imine (C=N–C) groups is 1. The Bertz CT molecular complexity index is 646. The quantitative estimate of drug-likeness (QED) is 0.319. The molecule has 2 fully saturated rings. The Balaban J connectivity index is 0.00000320. The lowest BCUT2D eigenvalue weighted by molar-refractivity contribution is 0.0195. The molecule has 0 amide bonds. The van der Waals surface area contributed by atoms with Gasteiger partial charge in [-0.1, -0.05) is 38.1 Å². The van der Waals surface area contributed by atoms with Gasteiger partial charge in [-0.15, -0.1) is 24.0 Å². The van der Waals surface area contributed by atoms with Gasteiger partial charge in [-0.3, -0.25) is 9.80 Å². The van der Waals surface area contributed by atoms with Crippen molar-refractivity contribution in [1.29, 1.82) is 0 Å². The van der Waals surface area contributed by atoms with E-state index in [0.29, 0.717) is 6.04 Å². The monoisotopic (exact) mass is 529 g/mol. The van der Waals surface area contributed by atoms with E-state index in [2.05, 4.69) is 65.1 Å². The third kappa shape index (κ3) is 7.07. The van der Waals surface area contributed by atoms with Crippen molar-refractivity contribution in [3.8, 4) is 0 Å². The maximum absolute atomic E-state index is 5.52. The summed E-state index contributed by atoms with van der Waals surface area (Å²) in [6, 6.07) is 9.38. The van der Waals surface area contributed by atoms with Gasteiger partial charge in [0, 0.05) is 45.3 Å². The minimum Gasteiger partial charge on any atom is -0.379 e. The van der Waals surface area contributed by atoms with Crippen molar-refractivity contribution in [2.75, 3.05) is 59.0 Å². The van der Waals surface area contributed by atoms with Crippen molar-refractivity contribution in [3.05, 3.63) is 35.4 Å². The van der Waals surface area contributed by atoms with Crippen molar-refractivity contribution in [2.24, 2.45) is 4.99 Å². The highest BCUT2D eigenvalue weighted by Gasteiger charge is 2.30. The molecule has 0 bridgehead atoms. The fourth-order valence-electron chi connectivity index (χ4n) is 4.31. The molecule has 2 saturated heterocycles. The Morgan fingerprint density at radius 1 is 1.10 bits per heavy atom. The van der Waals surface area contributed by atoms with E-state index >= 15 is 0 Å². The summed E-state index contributed by atoms with van der Waals surface area (Å²) in [5, 5.41) is 3.52. The predicted molar refractivity (Wildman–Crippen MR) is 136 cm³/mol. The van der Waals surface area contributed by atoms with Crippen LogP contribution in [0.4, 0.5) is 0 Å². The second kappa shape index (κ2) is 13.5. The van der Waals surface area contributed by atoms with Gasteiger partial charge in [-0.05, 0) is 37.6 Å². The Morgan fingerprint density at radius 3 is 2.47 bits per heavy atom. The number of likely N-dealkylation sites (tertiary alicyclic amines) is 1. The highest BCUT2D eigenvalue weighted by molar-refractivity contribution is 14.0. The van der Waals surface area contributed by atoms with Crippen molar-refractivity contribution in [1.82, 2.24) is 20.0 Å². The molecule has 2 heterocycles. The predicted octanol–water partition coefficient (Wildman–Crippen LogP) is 3.02. The van der Waals surface area contributed by atoms with Gasteiger partial charge < -0.3 is 15.0 Å².